The third-order valence-electron chi connectivity index (χ3n) is 11.2. The van der Waals surface area contributed by atoms with E-state index in [9.17, 15) is 17.8 Å². The van der Waals surface area contributed by atoms with E-state index in [1.165, 1.54) is 0 Å². The van der Waals surface area contributed by atoms with Crippen LogP contribution >= 0.6 is 0 Å². The van der Waals surface area contributed by atoms with E-state index in [0.717, 1.165) is 10.8 Å². The molecule has 3 nitrogen and oxygen atoms in total. The minimum atomic E-state index is -1.01. The number of benzene rings is 10. The van der Waals surface area contributed by atoms with Crippen molar-refractivity contribution in [2.45, 2.75) is 0 Å². The smallest absolute Gasteiger partial charge is 0.143 e. The molecule has 10 aromatic carbocycles. The van der Waals surface area contributed by atoms with Gasteiger partial charge in [-0.2, -0.15) is 0 Å². The number of fused-ring (bicyclic) bond motifs is 4. The van der Waals surface area contributed by atoms with Crippen LogP contribution in [-0.4, -0.2) is 9.97 Å². The number of rotatable bonds is 6. The molecule has 0 atom stereocenters. The Morgan fingerprint density at radius 2 is 0.968 bits per heavy atom. The molecule has 63 heavy (non-hydrogen) atoms. The van der Waals surface area contributed by atoms with Gasteiger partial charge in [0, 0.05) is 44.8 Å². The molecular weight excluding hydrogens is 765 g/mol. The van der Waals surface area contributed by atoms with E-state index in [1.54, 1.807) is 42.6 Å². The Hall–Kier alpha value is -8.40. The topological polar surface area (TPSA) is 38.9 Å². The molecule has 0 spiro atoms. The Morgan fingerprint density at radius 3 is 1.75 bits per heavy atom. The Bertz CT molecular complexity index is 5180. The summed E-state index contributed by atoms with van der Waals surface area (Å²) < 4.78 is 220. The van der Waals surface area contributed by atoms with Gasteiger partial charge in [0.2, 0.25) is 0 Å². The van der Waals surface area contributed by atoms with Gasteiger partial charge in [-0.3, -0.25) is 4.98 Å². The van der Waals surface area contributed by atoms with E-state index >= 15 is 0 Å². The fourth-order valence-corrected chi connectivity index (χ4v) is 8.42. The summed E-state index contributed by atoms with van der Waals surface area (Å²) in [5.74, 6) is -1.77. The summed E-state index contributed by atoms with van der Waals surface area (Å²) in [7, 11) is 0. The number of nitrogens with zero attached hydrogens (tertiary/aromatic N) is 2. The second kappa shape index (κ2) is 14.1. The number of hydrogen-bond donors (Lipinski definition) is 0. The van der Waals surface area contributed by atoms with Crippen LogP contribution < -0.4 is 0 Å². The fraction of sp³-hybridized carbons (Fsp3) is 0. The molecular formula is C60H36N2O. The van der Waals surface area contributed by atoms with Crippen LogP contribution in [0.15, 0.2) is 222 Å². The Balaban J connectivity index is 1.19. The van der Waals surface area contributed by atoms with Gasteiger partial charge >= 0.3 is 0 Å². The second-order valence-corrected chi connectivity index (χ2v) is 14.6. The van der Waals surface area contributed by atoms with E-state index in [0.29, 0.717) is 33.1 Å². The van der Waals surface area contributed by atoms with Crippen molar-refractivity contribution >= 4 is 64.9 Å². The molecule has 0 saturated heterocycles. The Labute approximate surface area is 395 Å². The van der Waals surface area contributed by atoms with Crippen molar-refractivity contribution < 1.29 is 35.9 Å². The maximum atomic E-state index is 10.0. The lowest BCUT2D eigenvalue weighted by Gasteiger charge is -2.14. The predicted octanol–water partition coefficient (Wildman–Crippen LogP) is 16.4. The molecule has 0 unspecified atom stereocenters. The molecule has 0 radical (unpaired) electrons. The molecule has 0 aliphatic carbocycles. The van der Waals surface area contributed by atoms with Crippen LogP contribution in [0, 0.1) is 0 Å². The number of furan rings is 1. The zero-order chi connectivity index (χ0) is 61.4. The molecule has 0 N–H and O–H groups in total. The van der Waals surface area contributed by atoms with Crippen LogP contribution in [0.1, 0.15) is 31.5 Å². The van der Waals surface area contributed by atoms with Gasteiger partial charge in [-0.25, -0.2) is 4.98 Å². The van der Waals surface area contributed by atoms with Gasteiger partial charge in [0.05, 0.1) is 48.3 Å². The maximum absolute atomic E-state index is 10.0. The Morgan fingerprint density at radius 1 is 0.365 bits per heavy atom. The fourth-order valence-electron chi connectivity index (χ4n) is 8.42. The van der Waals surface area contributed by atoms with Gasteiger partial charge in [-0.1, -0.05) is 194 Å². The molecule has 292 valence electrons. The SMILES string of the molecule is [2H]c1c([2H])c([2H])c(-c2oc(-c3c([2H])c([2H])c4c([2H])c([2H])c5c([2H])c([2H])c([2H])c6c([2H])c([2H])c3c4c56)c(-c3c([2H])c([2H])c([2H])c([2H])c3[2H])c2-c2c([2H])c([2H])c(-c3ccc(-c4ccc5ccc6cccnc6c5n4)c4ccccc34)c([2H])c2[2H])c([2H])c1[2H]. The first-order chi connectivity index (χ1) is 40.8. The highest BCUT2D eigenvalue weighted by Gasteiger charge is 2.27. The van der Waals surface area contributed by atoms with Crippen LogP contribution in [0.4, 0.5) is 0 Å². The summed E-state index contributed by atoms with van der Waals surface area (Å²) in [4.78, 5) is 9.64. The van der Waals surface area contributed by atoms with Crippen LogP contribution in [-0.2, 0) is 0 Å². The standard InChI is InChI=1S/C60H36N2O/c1-3-11-38(12-4-1)56-55(59(45-13-5-2-6-14-45)63-60(56)51-32-29-41-25-24-39-15-9-16-40-28-31-50(51)54(41)53(39)40)42-22-20-37(21-23-42)46-33-34-49(48-19-8-7-18-47(46)48)52-35-30-44-27-26-43-17-10-36-61-57(43)58(44)62-52/h1-36H/i1D,2D,3D,4D,5D,6D,9D,11D,12D,13D,14D,15D,16D,20D,21D,22D,23D,24D,25D,28D,29D,31D,32D. The lowest BCUT2D eigenvalue weighted by atomic mass is 9.87. The minimum Gasteiger partial charge on any atom is -0.455 e. The highest BCUT2D eigenvalue weighted by molar-refractivity contribution is 6.26. The van der Waals surface area contributed by atoms with E-state index in [1.807, 2.05) is 36.4 Å². The van der Waals surface area contributed by atoms with Crippen molar-refractivity contribution in [2.24, 2.45) is 0 Å². The number of pyridine rings is 2. The molecule has 3 heterocycles. The maximum Gasteiger partial charge on any atom is 0.143 e. The van der Waals surface area contributed by atoms with Crippen molar-refractivity contribution in [1.29, 1.82) is 0 Å². The predicted molar refractivity (Wildman–Crippen MR) is 263 cm³/mol. The Kier molecular flexibility index (Phi) is 4.37. The van der Waals surface area contributed by atoms with Gasteiger partial charge in [0.25, 0.3) is 0 Å². The highest BCUT2D eigenvalue weighted by Crippen LogP contribution is 2.51. The quantitative estimate of drug-likeness (QED) is 0.157. The summed E-state index contributed by atoms with van der Waals surface area (Å²) in [6, 6.07) is 1.61. The highest BCUT2D eigenvalue weighted by atomic mass is 16.3. The van der Waals surface area contributed by atoms with Crippen LogP contribution in [0.25, 0.3) is 132 Å². The van der Waals surface area contributed by atoms with Gasteiger partial charge in [0.1, 0.15) is 11.5 Å². The molecule has 0 bridgehead atoms. The first-order valence-corrected chi connectivity index (χ1v) is 19.6. The summed E-state index contributed by atoms with van der Waals surface area (Å²) in [6.45, 7) is 0. The first-order valence-electron chi connectivity index (χ1n) is 31.1. The minimum absolute atomic E-state index is 0.198. The van der Waals surface area contributed by atoms with E-state index in [4.69, 9.17) is 23.1 Å². The average molecular weight is 824 g/mol. The molecule has 0 fully saturated rings. The van der Waals surface area contributed by atoms with Gasteiger partial charge < -0.3 is 4.42 Å². The number of hydrogen-bond acceptors (Lipinski definition) is 3. The lowest BCUT2D eigenvalue weighted by Crippen LogP contribution is -1.91. The summed E-state index contributed by atoms with van der Waals surface area (Å²) in [5, 5.41) is 0.144. The normalized spacial score (nSPS) is 16.9. The largest absolute Gasteiger partial charge is 0.455 e. The molecule has 0 aliphatic heterocycles. The van der Waals surface area contributed by atoms with Gasteiger partial charge in [0.15, 0.2) is 0 Å². The van der Waals surface area contributed by atoms with Crippen molar-refractivity contribution in [3.63, 3.8) is 0 Å². The van der Waals surface area contributed by atoms with Crippen molar-refractivity contribution in [3.05, 3.63) is 218 Å². The average Bonchev–Trinajstić information content (AvgIpc) is 1.03. The molecule has 0 aliphatic rings. The summed E-state index contributed by atoms with van der Waals surface area (Å²) >= 11 is 0. The van der Waals surface area contributed by atoms with Crippen molar-refractivity contribution in [3.8, 4) is 67.3 Å². The van der Waals surface area contributed by atoms with Crippen LogP contribution in [0.2, 0.25) is 0 Å². The lowest BCUT2D eigenvalue weighted by molar-refractivity contribution is 0.599. The molecule has 13 aromatic rings. The van der Waals surface area contributed by atoms with Crippen molar-refractivity contribution in [2.75, 3.05) is 0 Å². The third kappa shape index (κ3) is 5.60. The molecule has 3 aromatic heterocycles. The molecule has 0 amide bonds. The van der Waals surface area contributed by atoms with E-state index < -0.39 is 205 Å². The third-order valence-corrected chi connectivity index (χ3v) is 11.2. The molecule has 13 rings (SSSR count). The molecule has 0 saturated carbocycles. The van der Waals surface area contributed by atoms with E-state index in [2.05, 4.69) is 4.98 Å². The van der Waals surface area contributed by atoms with Crippen LogP contribution in [0.3, 0.4) is 0 Å². The van der Waals surface area contributed by atoms with E-state index in [-0.39, 0.29) is 21.9 Å². The number of aromatic nitrogens is 2. The first kappa shape index (κ1) is 19.5. The second-order valence-electron chi connectivity index (χ2n) is 14.6. The zero-order valence-electron chi connectivity index (χ0n) is 55.3. The monoisotopic (exact) mass is 823 g/mol. The van der Waals surface area contributed by atoms with Crippen LogP contribution in [0.5, 0.6) is 0 Å². The van der Waals surface area contributed by atoms with Gasteiger partial charge in [-0.05, 0) is 83.5 Å². The van der Waals surface area contributed by atoms with Crippen molar-refractivity contribution in [1.82, 2.24) is 9.97 Å². The molecule has 3 heteroatoms. The zero-order valence-corrected chi connectivity index (χ0v) is 32.3. The van der Waals surface area contributed by atoms with Gasteiger partial charge in [-0.15, -0.1) is 0 Å². The summed E-state index contributed by atoms with van der Waals surface area (Å²) in [6.07, 6.45) is 1.67. The summed E-state index contributed by atoms with van der Waals surface area (Å²) in [5.41, 5.74) is -2.29.